The molecule has 2 amide bonds. The zero-order chi connectivity index (χ0) is 24.8. The topological polar surface area (TPSA) is 84.7 Å². The highest BCUT2D eigenvalue weighted by Crippen LogP contribution is 2.20. The highest BCUT2D eigenvalue weighted by Gasteiger charge is 2.14. The Hall–Kier alpha value is -4.13. The Morgan fingerprint density at radius 2 is 1.91 bits per heavy atom. The van der Waals surface area contributed by atoms with Crippen LogP contribution in [0.15, 0.2) is 73.1 Å². The van der Waals surface area contributed by atoms with Gasteiger partial charge in [-0.05, 0) is 54.8 Å². The summed E-state index contributed by atoms with van der Waals surface area (Å²) in [5.74, 6) is 0.189. The van der Waals surface area contributed by atoms with Gasteiger partial charge in [0.15, 0.2) is 0 Å². The fourth-order valence-electron chi connectivity index (χ4n) is 3.69. The highest BCUT2D eigenvalue weighted by atomic mass is 16.5. The highest BCUT2D eigenvalue weighted by molar-refractivity contribution is 5.97. The first-order valence-electron chi connectivity index (χ1n) is 11.8. The van der Waals surface area contributed by atoms with Gasteiger partial charge in [-0.3, -0.25) is 9.59 Å². The molecule has 2 aromatic heterocycles. The number of hydrogen-bond acceptors (Lipinski definition) is 4. The monoisotopic (exact) mass is 470 g/mol. The van der Waals surface area contributed by atoms with E-state index in [9.17, 15) is 9.59 Å². The van der Waals surface area contributed by atoms with Crippen molar-refractivity contribution in [3.63, 3.8) is 0 Å². The van der Waals surface area contributed by atoms with Crippen LogP contribution in [-0.2, 0) is 17.9 Å². The number of amides is 2. The van der Waals surface area contributed by atoms with Crippen LogP contribution >= 0.6 is 0 Å². The molecule has 0 aliphatic rings. The van der Waals surface area contributed by atoms with E-state index in [1.54, 1.807) is 18.2 Å². The number of fused-ring (bicyclic) bond motifs is 1. The minimum Gasteiger partial charge on any atom is -0.486 e. The third-order valence-corrected chi connectivity index (χ3v) is 5.94. The van der Waals surface area contributed by atoms with E-state index in [2.05, 4.69) is 15.6 Å². The summed E-state index contributed by atoms with van der Waals surface area (Å²) in [4.78, 5) is 29.8. The number of nitrogens with zero attached hydrogens (tertiary/aromatic N) is 2. The average Bonchev–Trinajstić information content (AvgIpc) is 3.30. The lowest BCUT2D eigenvalue weighted by Gasteiger charge is -2.13. The molecule has 4 rings (SSSR count). The summed E-state index contributed by atoms with van der Waals surface area (Å²) in [5.41, 5.74) is 4.81. The maximum absolute atomic E-state index is 12.9. The van der Waals surface area contributed by atoms with Gasteiger partial charge in [0.1, 0.15) is 18.0 Å². The molecular formula is C28H30N4O3. The Balaban J connectivity index is 1.39. The van der Waals surface area contributed by atoms with Crippen LogP contribution in [0.25, 0.3) is 5.65 Å². The molecule has 0 aliphatic carbocycles. The molecule has 0 aliphatic heterocycles. The van der Waals surface area contributed by atoms with Crippen LogP contribution in [0.4, 0.5) is 5.69 Å². The van der Waals surface area contributed by atoms with Gasteiger partial charge in [-0.1, -0.05) is 44.2 Å². The second kappa shape index (κ2) is 10.9. The van der Waals surface area contributed by atoms with E-state index in [1.807, 2.05) is 80.0 Å². The molecule has 0 saturated carbocycles. The maximum atomic E-state index is 12.9. The van der Waals surface area contributed by atoms with Crippen LogP contribution in [0.5, 0.6) is 5.75 Å². The van der Waals surface area contributed by atoms with Crippen LogP contribution in [0.1, 0.15) is 47.4 Å². The van der Waals surface area contributed by atoms with Gasteiger partial charge in [0.2, 0.25) is 5.91 Å². The van der Waals surface area contributed by atoms with Crippen molar-refractivity contribution in [2.45, 2.75) is 40.3 Å². The Bertz CT molecular complexity index is 1350. The molecule has 2 heterocycles. The Kier molecular flexibility index (Phi) is 7.45. The fourth-order valence-corrected chi connectivity index (χ4v) is 3.69. The number of aryl methyl sites for hydroxylation is 1. The second-order valence-electron chi connectivity index (χ2n) is 8.62. The number of aromatic nitrogens is 2. The predicted molar refractivity (Wildman–Crippen MR) is 136 cm³/mol. The van der Waals surface area contributed by atoms with E-state index in [-0.39, 0.29) is 24.3 Å². The van der Waals surface area contributed by atoms with E-state index in [0.717, 1.165) is 28.9 Å². The van der Waals surface area contributed by atoms with Gasteiger partial charge in [-0.25, -0.2) is 4.98 Å². The normalized spacial score (nSPS) is 11.7. The minimum atomic E-state index is -0.236. The Labute approximate surface area is 205 Å². The van der Waals surface area contributed by atoms with Gasteiger partial charge in [-0.2, -0.15) is 0 Å². The summed E-state index contributed by atoms with van der Waals surface area (Å²) in [7, 11) is 0. The van der Waals surface area contributed by atoms with Crippen molar-refractivity contribution < 1.29 is 14.3 Å². The van der Waals surface area contributed by atoms with Crippen molar-refractivity contribution in [1.29, 1.82) is 0 Å². The lowest BCUT2D eigenvalue weighted by atomic mass is 10.1. The van der Waals surface area contributed by atoms with Gasteiger partial charge >= 0.3 is 0 Å². The molecule has 7 heteroatoms. The van der Waals surface area contributed by atoms with Gasteiger partial charge in [0.25, 0.3) is 5.91 Å². The third-order valence-electron chi connectivity index (χ3n) is 5.94. The Morgan fingerprint density at radius 1 is 1.09 bits per heavy atom. The molecule has 0 fully saturated rings. The van der Waals surface area contributed by atoms with E-state index in [4.69, 9.17) is 4.74 Å². The average molecular weight is 471 g/mol. The number of imidazole rings is 1. The van der Waals surface area contributed by atoms with Crippen molar-refractivity contribution in [3.8, 4) is 5.75 Å². The summed E-state index contributed by atoms with van der Waals surface area (Å²) in [5, 5.41) is 5.87. The number of para-hydroxylation sites is 1. The molecule has 0 spiro atoms. The van der Waals surface area contributed by atoms with Crippen LogP contribution < -0.4 is 15.4 Å². The number of carbonyl (C=O) groups excluding carboxylic acids is 2. The quantitative estimate of drug-likeness (QED) is 0.355. The number of anilines is 1. The second-order valence-corrected chi connectivity index (χ2v) is 8.62. The van der Waals surface area contributed by atoms with Gasteiger partial charge < -0.3 is 19.8 Å². The maximum Gasteiger partial charge on any atom is 0.255 e. The van der Waals surface area contributed by atoms with Crippen LogP contribution in [0, 0.1) is 12.8 Å². The lowest BCUT2D eigenvalue weighted by Crippen LogP contribution is -2.24. The first kappa shape index (κ1) is 24.0. The summed E-state index contributed by atoms with van der Waals surface area (Å²) in [6.45, 7) is 6.47. The largest absolute Gasteiger partial charge is 0.486 e. The fraction of sp³-hybridized carbons (Fsp3) is 0.250. The van der Waals surface area contributed by atoms with E-state index in [0.29, 0.717) is 23.5 Å². The number of rotatable bonds is 9. The Morgan fingerprint density at radius 3 is 2.71 bits per heavy atom. The number of ether oxygens (including phenoxy) is 1. The van der Waals surface area contributed by atoms with Crippen molar-refractivity contribution in [1.82, 2.24) is 14.7 Å². The zero-order valence-corrected chi connectivity index (χ0v) is 20.2. The van der Waals surface area contributed by atoms with Crippen LogP contribution in [0.2, 0.25) is 0 Å². The van der Waals surface area contributed by atoms with E-state index in [1.165, 1.54) is 0 Å². The molecule has 1 atom stereocenters. The van der Waals surface area contributed by atoms with Gasteiger partial charge in [0, 0.05) is 30.5 Å². The smallest absolute Gasteiger partial charge is 0.255 e. The van der Waals surface area contributed by atoms with Crippen molar-refractivity contribution in [2.75, 3.05) is 5.32 Å². The number of nitrogens with one attached hydrogen (secondary N) is 2. The van der Waals surface area contributed by atoms with Crippen molar-refractivity contribution >= 4 is 23.1 Å². The molecule has 0 radical (unpaired) electrons. The minimum absolute atomic E-state index is 0.0134. The first-order chi connectivity index (χ1) is 16.9. The SMILES string of the molecule is CCC(C)C(=O)Nc1cccc(CNC(=O)c2ccccc2OCc2cn3cccc(C)c3n2)c1. The molecule has 2 N–H and O–H groups in total. The van der Waals surface area contributed by atoms with Crippen molar-refractivity contribution in [2.24, 2.45) is 5.92 Å². The van der Waals surface area contributed by atoms with Gasteiger partial charge in [-0.15, -0.1) is 0 Å². The standard InChI is InChI=1S/C28H30N4O3/c1-4-19(2)27(33)31-22-11-7-10-21(15-22)16-29-28(34)24-12-5-6-13-25(24)35-18-23-17-32-14-8-9-20(3)26(32)30-23/h5-15,17,19H,4,16,18H2,1-3H3,(H,29,34)(H,31,33). The number of carbonyl (C=O) groups is 2. The molecule has 4 aromatic rings. The lowest BCUT2D eigenvalue weighted by molar-refractivity contribution is -0.119. The summed E-state index contributed by atoms with van der Waals surface area (Å²) in [6, 6.07) is 18.6. The summed E-state index contributed by atoms with van der Waals surface area (Å²) in [6.07, 6.45) is 4.66. The number of benzene rings is 2. The molecule has 1 unspecified atom stereocenters. The van der Waals surface area contributed by atoms with Crippen LogP contribution in [0.3, 0.4) is 0 Å². The van der Waals surface area contributed by atoms with Crippen molar-refractivity contribution in [3.05, 3.63) is 95.4 Å². The van der Waals surface area contributed by atoms with Crippen LogP contribution in [-0.4, -0.2) is 21.2 Å². The molecule has 35 heavy (non-hydrogen) atoms. The third kappa shape index (κ3) is 5.87. The molecular weight excluding hydrogens is 440 g/mol. The van der Waals surface area contributed by atoms with E-state index >= 15 is 0 Å². The predicted octanol–water partition coefficient (Wildman–Crippen LogP) is 5.14. The summed E-state index contributed by atoms with van der Waals surface area (Å²) < 4.78 is 7.94. The molecule has 7 nitrogen and oxygen atoms in total. The zero-order valence-electron chi connectivity index (χ0n) is 20.2. The summed E-state index contributed by atoms with van der Waals surface area (Å²) >= 11 is 0. The molecule has 0 bridgehead atoms. The van der Waals surface area contributed by atoms with E-state index < -0.39 is 0 Å². The number of hydrogen-bond donors (Lipinski definition) is 2. The van der Waals surface area contributed by atoms with Gasteiger partial charge in [0.05, 0.1) is 11.3 Å². The number of pyridine rings is 1. The molecule has 0 saturated heterocycles. The molecule has 2 aromatic carbocycles. The molecule has 180 valence electrons. The first-order valence-corrected chi connectivity index (χ1v) is 11.8.